The van der Waals surface area contributed by atoms with Gasteiger partial charge in [-0.05, 0) is 60.9 Å². The molecule has 0 radical (unpaired) electrons. The molecular weight excluding hydrogens is 336 g/mol. The Morgan fingerprint density at radius 2 is 2.08 bits per heavy atom. The lowest BCUT2D eigenvalue weighted by molar-refractivity contribution is -0.0129. The van der Waals surface area contributed by atoms with Gasteiger partial charge in [-0.3, -0.25) is 0 Å². The van der Waals surface area contributed by atoms with Crippen molar-refractivity contribution in [1.82, 2.24) is 14.9 Å². The molecule has 0 amide bonds. The van der Waals surface area contributed by atoms with Gasteiger partial charge in [0.25, 0.3) is 0 Å². The molecule has 0 bridgehead atoms. The Labute approximate surface area is 153 Å². The van der Waals surface area contributed by atoms with Gasteiger partial charge >= 0.3 is 0 Å². The molecule has 3 rings (SSSR count). The zero-order valence-corrected chi connectivity index (χ0v) is 15.1. The van der Waals surface area contributed by atoms with Crippen LogP contribution in [0.5, 0.6) is 0 Å². The minimum Gasteiger partial charge on any atom is -0.359 e. The molecule has 1 aromatic carbocycles. The molecule has 130 valence electrons. The molecule has 1 atom stereocenters. The minimum atomic E-state index is 0.0883. The van der Waals surface area contributed by atoms with Crippen molar-refractivity contribution in [1.29, 1.82) is 0 Å². The predicted octanol–water partition coefficient (Wildman–Crippen LogP) is 4.47. The Balaban J connectivity index is 1.64. The van der Waals surface area contributed by atoms with Crippen LogP contribution >= 0.6 is 11.6 Å². The fourth-order valence-corrected chi connectivity index (χ4v) is 2.78. The van der Waals surface area contributed by atoms with Crippen molar-refractivity contribution in [3.05, 3.63) is 65.7 Å². The van der Waals surface area contributed by atoms with E-state index in [4.69, 9.17) is 16.3 Å². The quantitative estimate of drug-likeness (QED) is 0.774. The number of halogens is 1. The third-order valence-corrected chi connectivity index (χ3v) is 4.14. The van der Waals surface area contributed by atoms with Gasteiger partial charge in [-0.2, -0.15) is 0 Å². The highest BCUT2D eigenvalue weighted by Gasteiger charge is 2.12. The van der Waals surface area contributed by atoms with Gasteiger partial charge in [-0.15, -0.1) is 0 Å². The van der Waals surface area contributed by atoms with E-state index in [1.807, 2.05) is 19.1 Å². The number of anilines is 2. The van der Waals surface area contributed by atoms with Gasteiger partial charge in [0.2, 0.25) is 5.28 Å². The van der Waals surface area contributed by atoms with Crippen LogP contribution < -0.4 is 5.32 Å². The summed E-state index contributed by atoms with van der Waals surface area (Å²) in [7, 11) is 0. The van der Waals surface area contributed by atoms with Crippen LogP contribution in [0.1, 0.15) is 19.4 Å². The Morgan fingerprint density at radius 3 is 2.72 bits per heavy atom. The molecule has 6 heteroatoms. The van der Waals surface area contributed by atoms with Crippen LogP contribution in [0.4, 0.5) is 11.5 Å². The minimum absolute atomic E-state index is 0.0883. The fraction of sp³-hybridized carbons (Fsp3) is 0.263. The fourth-order valence-electron chi connectivity index (χ4n) is 2.63. The van der Waals surface area contributed by atoms with Crippen LogP contribution in [0.25, 0.3) is 5.57 Å². The Kier molecular flexibility index (Phi) is 5.68. The summed E-state index contributed by atoms with van der Waals surface area (Å²) in [4.78, 5) is 10.2. The zero-order valence-electron chi connectivity index (χ0n) is 14.3. The van der Waals surface area contributed by atoms with Crippen LogP contribution in [0.15, 0.2) is 54.9 Å². The highest BCUT2D eigenvalue weighted by Crippen LogP contribution is 2.23. The van der Waals surface area contributed by atoms with Gasteiger partial charge in [-0.25, -0.2) is 9.97 Å². The van der Waals surface area contributed by atoms with Gasteiger partial charge in [-0.1, -0.05) is 18.2 Å². The first-order chi connectivity index (χ1) is 12.2. The summed E-state index contributed by atoms with van der Waals surface area (Å²) >= 11 is 5.80. The number of hydrogen-bond donors (Lipinski definition) is 1. The third-order valence-electron chi connectivity index (χ3n) is 3.96. The van der Waals surface area contributed by atoms with Crippen molar-refractivity contribution < 1.29 is 4.74 Å². The molecule has 1 aliphatic rings. The van der Waals surface area contributed by atoms with Gasteiger partial charge in [0.15, 0.2) is 0 Å². The lowest BCUT2D eigenvalue weighted by atomic mass is 10.0. The van der Waals surface area contributed by atoms with Crippen molar-refractivity contribution in [2.75, 3.05) is 18.5 Å². The second-order valence-corrected chi connectivity index (χ2v) is 5.98. The summed E-state index contributed by atoms with van der Waals surface area (Å²) in [6.07, 6.45) is 8.13. The molecule has 5 nitrogen and oxygen atoms in total. The maximum absolute atomic E-state index is 5.80. The van der Waals surface area contributed by atoms with Crippen LogP contribution in [0.3, 0.4) is 0 Å². The molecule has 1 N–H and O–H groups in total. The summed E-state index contributed by atoms with van der Waals surface area (Å²) in [5.74, 6) is 0.671. The van der Waals surface area contributed by atoms with E-state index in [1.165, 1.54) is 11.1 Å². The zero-order chi connectivity index (χ0) is 17.6. The van der Waals surface area contributed by atoms with E-state index >= 15 is 0 Å². The normalized spacial score (nSPS) is 15.0. The topological polar surface area (TPSA) is 50.3 Å². The number of nitrogens with zero attached hydrogens (tertiary/aromatic N) is 3. The standard InChI is InChI=1S/C19H21ClN4O/c1-3-25-14(2)24-12-9-16(10-13-24)15-4-6-17(7-5-15)22-18-8-11-21-19(20)23-18/h4-12,14H,3,13H2,1-2H3,(H,21,22,23). The smallest absolute Gasteiger partial charge is 0.224 e. The first kappa shape index (κ1) is 17.5. The predicted molar refractivity (Wildman–Crippen MR) is 102 cm³/mol. The monoisotopic (exact) mass is 356 g/mol. The number of aromatic nitrogens is 2. The van der Waals surface area contributed by atoms with Gasteiger partial charge < -0.3 is 15.0 Å². The molecule has 1 aromatic heterocycles. The number of benzene rings is 1. The second-order valence-electron chi connectivity index (χ2n) is 5.64. The van der Waals surface area contributed by atoms with Crippen LogP contribution in [-0.4, -0.2) is 34.2 Å². The lowest BCUT2D eigenvalue weighted by Gasteiger charge is -2.28. The van der Waals surface area contributed by atoms with Crippen molar-refractivity contribution in [3.8, 4) is 0 Å². The van der Waals surface area contributed by atoms with E-state index in [2.05, 4.69) is 57.6 Å². The van der Waals surface area contributed by atoms with E-state index in [1.54, 1.807) is 12.3 Å². The molecule has 2 aromatic rings. The van der Waals surface area contributed by atoms with E-state index < -0.39 is 0 Å². The summed E-state index contributed by atoms with van der Waals surface area (Å²) < 4.78 is 5.62. The number of nitrogens with one attached hydrogen (secondary N) is 1. The molecule has 1 aliphatic heterocycles. The lowest BCUT2D eigenvalue weighted by Crippen LogP contribution is -2.31. The number of rotatable bonds is 6. The first-order valence-electron chi connectivity index (χ1n) is 8.27. The largest absolute Gasteiger partial charge is 0.359 e. The van der Waals surface area contributed by atoms with E-state index in [-0.39, 0.29) is 11.5 Å². The summed E-state index contributed by atoms with van der Waals surface area (Å²) in [5.41, 5.74) is 3.33. The highest BCUT2D eigenvalue weighted by atomic mass is 35.5. The Hall–Kier alpha value is -2.37. The molecule has 25 heavy (non-hydrogen) atoms. The molecule has 0 spiro atoms. The molecular formula is C19H21ClN4O. The van der Waals surface area contributed by atoms with Crippen LogP contribution in [0.2, 0.25) is 5.28 Å². The Bertz CT molecular complexity index is 773. The average molecular weight is 357 g/mol. The molecule has 0 aliphatic carbocycles. The van der Waals surface area contributed by atoms with Crippen molar-refractivity contribution in [3.63, 3.8) is 0 Å². The van der Waals surface area contributed by atoms with Crippen LogP contribution in [0, 0.1) is 0 Å². The molecule has 2 heterocycles. The van der Waals surface area contributed by atoms with E-state index in [0.717, 1.165) is 12.2 Å². The number of allylic oxidation sites excluding steroid dienone is 2. The summed E-state index contributed by atoms with van der Waals surface area (Å²) in [5, 5.41) is 3.44. The maximum Gasteiger partial charge on any atom is 0.224 e. The van der Waals surface area contributed by atoms with E-state index in [9.17, 15) is 0 Å². The van der Waals surface area contributed by atoms with Gasteiger partial charge in [0, 0.05) is 31.2 Å². The summed E-state index contributed by atoms with van der Waals surface area (Å²) in [6, 6.07) is 10.00. The van der Waals surface area contributed by atoms with Crippen molar-refractivity contribution in [2.45, 2.75) is 20.1 Å². The van der Waals surface area contributed by atoms with Gasteiger partial charge in [0.1, 0.15) is 12.0 Å². The second kappa shape index (κ2) is 8.14. The first-order valence-corrected chi connectivity index (χ1v) is 8.65. The molecule has 1 unspecified atom stereocenters. The van der Waals surface area contributed by atoms with Crippen molar-refractivity contribution >= 4 is 28.7 Å². The maximum atomic E-state index is 5.80. The molecule has 0 fully saturated rings. The number of hydrogen-bond acceptors (Lipinski definition) is 5. The molecule has 0 saturated heterocycles. The SMILES string of the molecule is CCOC(C)N1C=CC(c2ccc(Nc3ccnc(Cl)n3)cc2)=CC1. The van der Waals surface area contributed by atoms with Crippen molar-refractivity contribution in [2.24, 2.45) is 0 Å². The Morgan fingerprint density at radius 1 is 1.28 bits per heavy atom. The summed E-state index contributed by atoms with van der Waals surface area (Å²) in [6.45, 7) is 5.63. The average Bonchev–Trinajstić information content (AvgIpc) is 2.63. The van der Waals surface area contributed by atoms with Crippen LogP contribution in [-0.2, 0) is 4.74 Å². The highest BCUT2D eigenvalue weighted by molar-refractivity contribution is 6.28. The molecule has 0 saturated carbocycles. The third kappa shape index (κ3) is 4.59. The van der Waals surface area contributed by atoms with E-state index in [0.29, 0.717) is 12.4 Å². The van der Waals surface area contributed by atoms with Gasteiger partial charge in [0.05, 0.1) is 0 Å². The number of ether oxygens (including phenoxy) is 1.